The molecule has 0 unspecified atom stereocenters. The highest BCUT2D eigenvalue weighted by Gasteiger charge is 2.47. The number of aliphatic hydroxyl groups is 2. The van der Waals surface area contributed by atoms with E-state index in [4.69, 9.17) is 9.47 Å². The number of carbonyl (C=O) groups excluding carboxylic acids is 1. The van der Waals surface area contributed by atoms with Crippen molar-refractivity contribution >= 4 is 11.9 Å². The van der Waals surface area contributed by atoms with Crippen molar-refractivity contribution in [3.63, 3.8) is 0 Å². The molecule has 1 aromatic carbocycles. The molecule has 1 aromatic heterocycles. The van der Waals surface area contributed by atoms with E-state index in [2.05, 4.69) is 6.92 Å². The van der Waals surface area contributed by atoms with Crippen LogP contribution in [0.2, 0.25) is 0 Å². The monoisotopic (exact) mass is 543 g/mol. The molecule has 1 amide bonds. The number of nitrogens with zero attached hydrogens (tertiary/aromatic N) is 3. The number of aromatic nitrogens is 1. The second-order valence-electron chi connectivity index (χ2n) is 10.5. The molecule has 3 N–H and O–H groups in total. The number of aryl methyl sites for hydroxylation is 2. The van der Waals surface area contributed by atoms with Gasteiger partial charge in [-0.1, -0.05) is 13.3 Å². The molecule has 10 nitrogen and oxygen atoms in total. The van der Waals surface area contributed by atoms with Crippen LogP contribution in [0, 0.1) is 5.92 Å². The van der Waals surface area contributed by atoms with Crippen LogP contribution < -0.4 is 9.47 Å². The third-order valence-electron chi connectivity index (χ3n) is 8.01. The lowest BCUT2D eigenvalue weighted by Gasteiger charge is -2.29. The number of carboxylic acid groups (broad SMARTS) is 1. The summed E-state index contributed by atoms with van der Waals surface area (Å²) in [4.78, 5) is 30.1. The molecule has 3 heterocycles. The Bertz CT molecular complexity index is 1130. The van der Waals surface area contributed by atoms with E-state index in [1.807, 2.05) is 47.0 Å². The van der Waals surface area contributed by atoms with Crippen LogP contribution in [0.5, 0.6) is 11.5 Å². The lowest BCUT2D eigenvalue weighted by atomic mass is 9.83. The molecule has 1 fully saturated rings. The lowest BCUT2D eigenvalue weighted by Crippen LogP contribution is -2.45. The molecule has 214 valence electrons. The van der Waals surface area contributed by atoms with Crippen molar-refractivity contribution in [1.29, 1.82) is 0 Å². The SMILES string of the molecule is CCCCN(CCCO)C(=O)CN1C[C@H](c2cc(CO)c3c(c2)OCO3)[C@@H](C(=O)O)[C@@H]1CCc1cccn1C. The number of unbranched alkanes of at least 4 members (excludes halogenated alkanes) is 1. The maximum atomic E-state index is 13.5. The average Bonchev–Trinajstić information content (AvgIpc) is 3.65. The number of carboxylic acids is 1. The molecule has 0 spiro atoms. The van der Waals surface area contributed by atoms with Crippen LogP contribution in [-0.4, -0.2) is 87.2 Å². The number of rotatable bonds is 14. The topological polar surface area (TPSA) is 125 Å². The molecule has 2 aromatic rings. The Morgan fingerprint density at radius 2 is 1.95 bits per heavy atom. The van der Waals surface area contributed by atoms with Gasteiger partial charge in [-0.05, 0) is 55.5 Å². The minimum absolute atomic E-state index is 0.0133. The Morgan fingerprint density at radius 3 is 2.62 bits per heavy atom. The van der Waals surface area contributed by atoms with Gasteiger partial charge in [0, 0.05) is 62.7 Å². The maximum Gasteiger partial charge on any atom is 0.308 e. The molecule has 0 saturated carbocycles. The molecule has 3 atom stereocenters. The van der Waals surface area contributed by atoms with Crippen molar-refractivity contribution < 1.29 is 34.4 Å². The predicted octanol–water partition coefficient (Wildman–Crippen LogP) is 2.36. The van der Waals surface area contributed by atoms with Crippen molar-refractivity contribution in [2.45, 2.75) is 57.6 Å². The Morgan fingerprint density at radius 1 is 1.15 bits per heavy atom. The van der Waals surface area contributed by atoms with Crippen LogP contribution in [0.15, 0.2) is 30.5 Å². The average molecular weight is 544 g/mol. The first kappa shape index (κ1) is 28.9. The third kappa shape index (κ3) is 6.57. The number of hydrogen-bond acceptors (Lipinski definition) is 7. The highest BCUT2D eigenvalue weighted by molar-refractivity contribution is 5.79. The smallest absolute Gasteiger partial charge is 0.308 e. The first-order valence-corrected chi connectivity index (χ1v) is 13.9. The summed E-state index contributed by atoms with van der Waals surface area (Å²) in [6.07, 6.45) is 5.57. The first-order chi connectivity index (χ1) is 18.9. The third-order valence-corrected chi connectivity index (χ3v) is 8.01. The minimum atomic E-state index is -0.904. The number of carbonyl (C=O) groups is 2. The number of likely N-dealkylation sites (tertiary alicyclic amines) is 1. The summed E-state index contributed by atoms with van der Waals surface area (Å²) in [7, 11) is 1.97. The fourth-order valence-corrected chi connectivity index (χ4v) is 5.93. The van der Waals surface area contributed by atoms with Gasteiger partial charge in [0.05, 0.1) is 19.1 Å². The van der Waals surface area contributed by atoms with Gasteiger partial charge in [0.15, 0.2) is 11.5 Å². The maximum absolute atomic E-state index is 13.5. The first-order valence-electron chi connectivity index (χ1n) is 13.9. The predicted molar refractivity (Wildman–Crippen MR) is 145 cm³/mol. The number of hydrogen-bond donors (Lipinski definition) is 3. The van der Waals surface area contributed by atoms with E-state index in [0.717, 1.165) is 24.1 Å². The van der Waals surface area contributed by atoms with Gasteiger partial charge in [0.25, 0.3) is 0 Å². The van der Waals surface area contributed by atoms with E-state index in [1.165, 1.54) is 0 Å². The molecule has 39 heavy (non-hydrogen) atoms. The van der Waals surface area contributed by atoms with Gasteiger partial charge in [-0.15, -0.1) is 0 Å². The minimum Gasteiger partial charge on any atom is -0.481 e. The second kappa shape index (κ2) is 13.3. The fraction of sp³-hybridized carbons (Fsp3) is 0.586. The van der Waals surface area contributed by atoms with E-state index in [-0.39, 0.29) is 38.5 Å². The number of ether oxygens (including phenoxy) is 2. The zero-order valence-corrected chi connectivity index (χ0v) is 22.9. The zero-order chi connectivity index (χ0) is 27.9. The molecule has 2 aliphatic heterocycles. The highest BCUT2D eigenvalue weighted by Crippen LogP contribution is 2.44. The number of amides is 1. The summed E-state index contributed by atoms with van der Waals surface area (Å²) in [5, 5.41) is 29.8. The summed E-state index contributed by atoms with van der Waals surface area (Å²) in [6, 6.07) is 7.27. The van der Waals surface area contributed by atoms with Gasteiger partial charge < -0.3 is 34.3 Å². The lowest BCUT2D eigenvalue weighted by molar-refractivity contribution is -0.143. The normalized spacial score (nSPS) is 20.5. The van der Waals surface area contributed by atoms with Crippen molar-refractivity contribution in [1.82, 2.24) is 14.4 Å². The Labute approximate surface area is 229 Å². The van der Waals surface area contributed by atoms with Crippen LogP contribution in [0.1, 0.15) is 55.3 Å². The molecule has 2 aliphatic rings. The van der Waals surface area contributed by atoms with Gasteiger partial charge in [-0.3, -0.25) is 14.5 Å². The van der Waals surface area contributed by atoms with Crippen molar-refractivity contribution in [3.8, 4) is 11.5 Å². The molecule has 0 radical (unpaired) electrons. The van der Waals surface area contributed by atoms with Crippen molar-refractivity contribution in [2.75, 3.05) is 39.6 Å². The van der Waals surface area contributed by atoms with Gasteiger partial charge >= 0.3 is 5.97 Å². The number of fused-ring (bicyclic) bond motifs is 1. The molecular formula is C29H41N3O7. The van der Waals surface area contributed by atoms with Crippen LogP contribution >= 0.6 is 0 Å². The van der Waals surface area contributed by atoms with Gasteiger partial charge in [0.1, 0.15) is 0 Å². The Hall–Kier alpha value is -3.08. The van der Waals surface area contributed by atoms with Crippen molar-refractivity contribution in [2.24, 2.45) is 13.0 Å². The summed E-state index contributed by atoms with van der Waals surface area (Å²) >= 11 is 0. The molecule has 4 rings (SSSR count). The zero-order valence-electron chi connectivity index (χ0n) is 22.9. The molecular weight excluding hydrogens is 502 g/mol. The second-order valence-corrected chi connectivity index (χ2v) is 10.5. The quantitative estimate of drug-likeness (QED) is 0.332. The van der Waals surface area contributed by atoms with E-state index in [0.29, 0.717) is 56.0 Å². The van der Waals surface area contributed by atoms with Gasteiger partial charge in [-0.25, -0.2) is 0 Å². The van der Waals surface area contributed by atoms with Crippen LogP contribution in [0.4, 0.5) is 0 Å². The number of benzene rings is 1. The molecule has 1 saturated heterocycles. The summed E-state index contributed by atoms with van der Waals surface area (Å²) in [5.41, 5.74) is 2.43. The van der Waals surface area contributed by atoms with Gasteiger partial charge in [-0.2, -0.15) is 0 Å². The van der Waals surface area contributed by atoms with Crippen LogP contribution in [0.25, 0.3) is 0 Å². The van der Waals surface area contributed by atoms with E-state index >= 15 is 0 Å². The number of aliphatic hydroxyl groups excluding tert-OH is 2. The molecule has 10 heteroatoms. The van der Waals surface area contributed by atoms with E-state index in [1.54, 1.807) is 4.90 Å². The van der Waals surface area contributed by atoms with E-state index < -0.39 is 17.8 Å². The van der Waals surface area contributed by atoms with Crippen LogP contribution in [0.3, 0.4) is 0 Å². The molecule has 0 bridgehead atoms. The summed E-state index contributed by atoms with van der Waals surface area (Å²) in [5.74, 6) is -1.09. The fourth-order valence-electron chi connectivity index (χ4n) is 5.93. The molecule has 0 aliphatic carbocycles. The summed E-state index contributed by atoms with van der Waals surface area (Å²) in [6.45, 7) is 3.50. The van der Waals surface area contributed by atoms with E-state index in [9.17, 15) is 24.9 Å². The van der Waals surface area contributed by atoms with Crippen LogP contribution in [-0.2, 0) is 29.7 Å². The Balaban J connectivity index is 1.64. The number of aliphatic carboxylic acids is 1. The largest absolute Gasteiger partial charge is 0.481 e. The van der Waals surface area contributed by atoms with Gasteiger partial charge in [0.2, 0.25) is 12.7 Å². The summed E-state index contributed by atoms with van der Waals surface area (Å²) < 4.78 is 13.1. The highest BCUT2D eigenvalue weighted by atomic mass is 16.7. The standard InChI is InChI=1S/C29H41N3O7/c1-3-4-11-31(12-6-13-33)26(35)17-32-16-23(20-14-21(18-34)28-25(15-20)38-19-39-28)27(29(36)37)24(32)9-8-22-7-5-10-30(22)2/h5,7,10,14-15,23-24,27,33-34H,3-4,6,8-9,11-13,16-19H2,1-2H3,(H,36,37)/t23-,24+,27-/m1/s1. The van der Waals surface area contributed by atoms with Crippen molar-refractivity contribution in [3.05, 3.63) is 47.3 Å². The Kier molecular flexibility index (Phi) is 9.88.